The Morgan fingerprint density at radius 2 is 2.08 bits per heavy atom. The normalized spacial score (nSPS) is 9.83. The Hall–Kier alpha value is -1.31. The molecule has 2 heteroatoms. The van der Waals surface area contributed by atoms with Crippen LogP contribution < -0.4 is 0 Å². The monoisotopic (exact) mass is 164 g/mol. The molecule has 0 fully saturated rings. The number of benzene rings is 1. The molecule has 0 unspecified atom stereocenters. The third-order valence-electron chi connectivity index (χ3n) is 1.84. The first kappa shape index (κ1) is 8.78. The summed E-state index contributed by atoms with van der Waals surface area (Å²) in [6.07, 6.45) is 0.117. The predicted molar refractivity (Wildman–Crippen MR) is 47.3 cm³/mol. The fourth-order valence-corrected chi connectivity index (χ4v) is 1.21. The topological polar surface area (TPSA) is 37.3 Å². The average Bonchev–Trinajstić information content (AvgIpc) is 1.94. The van der Waals surface area contributed by atoms with Gasteiger partial charge < -0.3 is 5.11 Å². The molecule has 1 rings (SSSR count). The van der Waals surface area contributed by atoms with Gasteiger partial charge >= 0.3 is 5.97 Å². The highest BCUT2D eigenvalue weighted by Crippen LogP contribution is 2.10. The molecule has 0 heterocycles. The van der Waals surface area contributed by atoms with Gasteiger partial charge in [0, 0.05) is 0 Å². The van der Waals surface area contributed by atoms with E-state index in [1.54, 1.807) is 0 Å². The third kappa shape index (κ3) is 2.09. The first-order valence-electron chi connectivity index (χ1n) is 3.87. The highest BCUT2D eigenvalue weighted by molar-refractivity contribution is 5.70. The third-order valence-corrected chi connectivity index (χ3v) is 1.84. The number of carbonyl (C=O) groups is 1. The fourth-order valence-electron chi connectivity index (χ4n) is 1.21. The Labute approximate surface area is 71.8 Å². The van der Waals surface area contributed by atoms with Crippen molar-refractivity contribution in [1.82, 2.24) is 0 Å². The number of hydrogen-bond donors (Lipinski definition) is 1. The molecule has 64 valence electrons. The summed E-state index contributed by atoms with van der Waals surface area (Å²) in [5, 5.41) is 8.56. The molecule has 2 nitrogen and oxygen atoms in total. The Balaban J connectivity index is 2.93. The maximum absolute atomic E-state index is 10.4. The second kappa shape index (κ2) is 3.39. The van der Waals surface area contributed by atoms with Crippen LogP contribution in [0.2, 0.25) is 0 Å². The SMILES string of the molecule is Cc1ccc(CC(=O)O)c(C)c1. The van der Waals surface area contributed by atoms with Gasteiger partial charge in [0.25, 0.3) is 0 Å². The molecule has 0 aliphatic carbocycles. The number of aliphatic carboxylic acids is 1. The van der Waals surface area contributed by atoms with Gasteiger partial charge in [-0.15, -0.1) is 0 Å². The molecule has 0 saturated heterocycles. The molecule has 1 aromatic carbocycles. The van der Waals surface area contributed by atoms with Crippen molar-refractivity contribution in [2.45, 2.75) is 20.3 Å². The fraction of sp³-hybridized carbons (Fsp3) is 0.300. The summed E-state index contributed by atoms with van der Waals surface area (Å²) in [5.74, 6) is -0.776. The van der Waals surface area contributed by atoms with Crippen LogP contribution in [0.4, 0.5) is 0 Å². The van der Waals surface area contributed by atoms with Crippen molar-refractivity contribution in [2.24, 2.45) is 0 Å². The molecule has 1 aromatic rings. The number of rotatable bonds is 2. The van der Waals surface area contributed by atoms with E-state index in [0.29, 0.717) is 0 Å². The minimum Gasteiger partial charge on any atom is -0.481 e. The van der Waals surface area contributed by atoms with Crippen molar-refractivity contribution in [2.75, 3.05) is 0 Å². The van der Waals surface area contributed by atoms with E-state index < -0.39 is 5.97 Å². The summed E-state index contributed by atoms with van der Waals surface area (Å²) in [5.41, 5.74) is 3.12. The molecular weight excluding hydrogens is 152 g/mol. The lowest BCUT2D eigenvalue weighted by atomic mass is 10.0. The molecule has 0 atom stereocenters. The lowest BCUT2D eigenvalue weighted by Gasteiger charge is -2.02. The molecule has 0 saturated carbocycles. The van der Waals surface area contributed by atoms with E-state index in [-0.39, 0.29) is 6.42 Å². The van der Waals surface area contributed by atoms with Crippen LogP contribution in [0, 0.1) is 13.8 Å². The zero-order valence-corrected chi connectivity index (χ0v) is 7.29. The van der Waals surface area contributed by atoms with Crippen LogP contribution in [0.15, 0.2) is 18.2 Å². The molecule has 0 amide bonds. The quantitative estimate of drug-likeness (QED) is 0.725. The molecule has 0 radical (unpaired) electrons. The summed E-state index contributed by atoms with van der Waals surface area (Å²) in [7, 11) is 0. The van der Waals surface area contributed by atoms with Gasteiger partial charge in [0.1, 0.15) is 0 Å². The van der Waals surface area contributed by atoms with Gasteiger partial charge in [-0.3, -0.25) is 4.79 Å². The lowest BCUT2D eigenvalue weighted by molar-refractivity contribution is -0.136. The number of hydrogen-bond acceptors (Lipinski definition) is 1. The molecule has 0 aromatic heterocycles. The van der Waals surface area contributed by atoms with E-state index in [0.717, 1.165) is 11.1 Å². The van der Waals surface area contributed by atoms with Gasteiger partial charge in [-0.05, 0) is 25.0 Å². The Kier molecular flexibility index (Phi) is 2.48. The van der Waals surface area contributed by atoms with Gasteiger partial charge in [-0.2, -0.15) is 0 Å². The molecule has 0 aliphatic rings. The van der Waals surface area contributed by atoms with Crippen molar-refractivity contribution < 1.29 is 9.90 Å². The second-order valence-electron chi connectivity index (χ2n) is 3.00. The molecular formula is C10H12O2. The van der Waals surface area contributed by atoms with Crippen molar-refractivity contribution in [3.63, 3.8) is 0 Å². The van der Waals surface area contributed by atoms with Gasteiger partial charge in [0.2, 0.25) is 0 Å². The highest BCUT2D eigenvalue weighted by atomic mass is 16.4. The summed E-state index contributed by atoms with van der Waals surface area (Å²) < 4.78 is 0. The summed E-state index contributed by atoms with van der Waals surface area (Å²) >= 11 is 0. The Morgan fingerprint density at radius 1 is 1.42 bits per heavy atom. The van der Waals surface area contributed by atoms with Crippen LogP contribution >= 0.6 is 0 Å². The Bertz CT molecular complexity index is 303. The Morgan fingerprint density at radius 3 is 2.58 bits per heavy atom. The minimum atomic E-state index is -0.776. The van der Waals surface area contributed by atoms with Crippen LogP contribution in [-0.4, -0.2) is 11.1 Å². The van der Waals surface area contributed by atoms with E-state index in [1.807, 2.05) is 32.0 Å². The highest BCUT2D eigenvalue weighted by Gasteiger charge is 2.02. The standard InChI is InChI=1S/C10H12O2/c1-7-3-4-9(6-10(11)12)8(2)5-7/h3-5H,6H2,1-2H3,(H,11,12). The van der Waals surface area contributed by atoms with E-state index in [2.05, 4.69) is 0 Å². The van der Waals surface area contributed by atoms with Crippen molar-refractivity contribution in [3.8, 4) is 0 Å². The van der Waals surface area contributed by atoms with Crippen LogP contribution in [-0.2, 0) is 11.2 Å². The van der Waals surface area contributed by atoms with Crippen LogP contribution in [0.1, 0.15) is 16.7 Å². The molecule has 0 bridgehead atoms. The van der Waals surface area contributed by atoms with E-state index in [4.69, 9.17) is 5.11 Å². The summed E-state index contributed by atoms with van der Waals surface area (Å²) in [6, 6.07) is 5.81. The zero-order chi connectivity index (χ0) is 9.14. The molecule has 12 heavy (non-hydrogen) atoms. The smallest absolute Gasteiger partial charge is 0.307 e. The molecule has 0 spiro atoms. The minimum absolute atomic E-state index is 0.117. The molecule has 0 aliphatic heterocycles. The lowest BCUT2D eigenvalue weighted by Crippen LogP contribution is -2.01. The van der Waals surface area contributed by atoms with E-state index in [9.17, 15) is 4.79 Å². The van der Waals surface area contributed by atoms with Crippen molar-refractivity contribution in [3.05, 3.63) is 34.9 Å². The number of aryl methyl sites for hydroxylation is 2. The van der Waals surface area contributed by atoms with Gasteiger partial charge in [0.15, 0.2) is 0 Å². The van der Waals surface area contributed by atoms with Gasteiger partial charge in [-0.25, -0.2) is 0 Å². The molecule has 1 N–H and O–H groups in total. The maximum atomic E-state index is 10.4. The summed E-state index contributed by atoms with van der Waals surface area (Å²) in [6.45, 7) is 3.93. The zero-order valence-electron chi connectivity index (χ0n) is 7.29. The van der Waals surface area contributed by atoms with Crippen molar-refractivity contribution in [1.29, 1.82) is 0 Å². The summed E-state index contributed by atoms with van der Waals surface area (Å²) in [4.78, 5) is 10.4. The number of carboxylic acids is 1. The predicted octanol–water partition coefficient (Wildman–Crippen LogP) is 1.93. The van der Waals surface area contributed by atoms with E-state index >= 15 is 0 Å². The van der Waals surface area contributed by atoms with Crippen LogP contribution in [0.25, 0.3) is 0 Å². The first-order chi connectivity index (χ1) is 5.59. The second-order valence-corrected chi connectivity index (χ2v) is 3.00. The van der Waals surface area contributed by atoms with Gasteiger partial charge in [0.05, 0.1) is 6.42 Å². The van der Waals surface area contributed by atoms with Crippen LogP contribution in [0.5, 0.6) is 0 Å². The maximum Gasteiger partial charge on any atom is 0.307 e. The van der Waals surface area contributed by atoms with Gasteiger partial charge in [-0.1, -0.05) is 23.8 Å². The average molecular weight is 164 g/mol. The van der Waals surface area contributed by atoms with Crippen molar-refractivity contribution >= 4 is 5.97 Å². The van der Waals surface area contributed by atoms with E-state index in [1.165, 1.54) is 5.56 Å². The number of carboxylic acid groups (broad SMARTS) is 1. The first-order valence-corrected chi connectivity index (χ1v) is 3.87. The largest absolute Gasteiger partial charge is 0.481 e. The van der Waals surface area contributed by atoms with Crippen LogP contribution in [0.3, 0.4) is 0 Å².